The summed E-state index contributed by atoms with van der Waals surface area (Å²) in [6.45, 7) is 2.19. The zero-order valence-corrected chi connectivity index (χ0v) is 17.9. The lowest BCUT2D eigenvalue weighted by Gasteiger charge is -2.29. The van der Waals surface area contributed by atoms with Crippen LogP contribution in [0.15, 0.2) is 42.5 Å². The fourth-order valence-electron chi connectivity index (χ4n) is 3.20. The molecule has 2 unspecified atom stereocenters. The minimum atomic E-state index is -0.749. The van der Waals surface area contributed by atoms with E-state index in [0.29, 0.717) is 29.2 Å². The molecule has 0 radical (unpaired) electrons. The highest BCUT2D eigenvalue weighted by atomic mass is 32.2. The lowest BCUT2D eigenvalue weighted by molar-refractivity contribution is -0.148. The highest BCUT2D eigenvalue weighted by Crippen LogP contribution is 2.43. The van der Waals surface area contributed by atoms with Crippen LogP contribution in [0.25, 0.3) is 0 Å². The molecule has 1 aliphatic heterocycles. The Bertz CT molecular complexity index is 883. The van der Waals surface area contributed by atoms with E-state index in [2.05, 4.69) is 0 Å². The summed E-state index contributed by atoms with van der Waals surface area (Å²) in [5.41, 5.74) is 1.06. The zero-order valence-electron chi connectivity index (χ0n) is 17.1. The van der Waals surface area contributed by atoms with Crippen molar-refractivity contribution in [3.63, 3.8) is 0 Å². The average Bonchev–Trinajstić information content (AvgIpc) is 3.22. The van der Waals surface area contributed by atoms with Gasteiger partial charge in [0.1, 0.15) is 28.7 Å². The standard InChI is InChI=1S/C22H24FNO5S/c1-4-9-29-22(26)19-13-30-21(14-5-7-16(23)8-6-14)24(19)20(25)15-10-17(27-2)12-18(11-15)28-3/h5-8,10-12,19,21H,4,9,13H2,1-3H3. The van der Waals surface area contributed by atoms with Crippen molar-refractivity contribution < 1.29 is 28.2 Å². The summed E-state index contributed by atoms with van der Waals surface area (Å²) in [7, 11) is 3.00. The molecule has 1 fully saturated rings. The number of rotatable bonds is 7. The maximum absolute atomic E-state index is 13.5. The molecule has 160 valence electrons. The number of thioether (sulfide) groups is 1. The third kappa shape index (κ3) is 4.70. The molecule has 2 aromatic carbocycles. The van der Waals surface area contributed by atoms with Gasteiger partial charge in [0.15, 0.2) is 0 Å². The molecule has 2 atom stereocenters. The van der Waals surface area contributed by atoms with Crippen LogP contribution >= 0.6 is 11.8 Å². The summed E-state index contributed by atoms with van der Waals surface area (Å²) in [6, 6.07) is 10.1. The Morgan fingerprint density at radius 2 is 1.73 bits per heavy atom. The molecule has 0 aromatic heterocycles. The molecule has 3 rings (SSSR count). The minimum Gasteiger partial charge on any atom is -0.497 e. The zero-order chi connectivity index (χ0) is 21.7. The lowest BCUT2D eigenvalue weighted by atomic mass is 10.1. The number of halogens is 1. The summed E-state index contributed by atoms with van der Waals surface area (Å²) < 4.78 is 29.3. The molecule has 1 saturated heterocycles. The van der Waals surface area contributed by atoms with Gasteiger partial charge in [-0.05, 0) is 36.2 Å². The maximum Gasteiger partial charge on any atom is 0.329 e. The topological polar surface area (TPSA) is 65.1 Å². The molecule has 1 heterocycles. The van der Waals surface area contributed by atoms with Gasteiger partial charge in [-0.3, -0.25) is 4.79 Å². The van der Waals surface area contributed by atoms with Crippen molar-refractivity contribution in [3.8, 4) is 11.5 Å². The lowest BCUT2D eigenvalue weighted by Crippen LogP contribution is -2.44. The van der Waals surface area contributed by atoms with E-state index in [9.17, 15) is 14.0 Å². The summed E-state index contributed by atoms with van der Waals surface area (Å²) >= 11 is 1.44. The van der Waals surface area contributed by atoms with Gasteiger partial charge in [-0.1, -0.05) is 19.1 Å². The van der Waals surface area contributed by atoms with Crippen molar-refractivity contribution in [2.24, 2.45) is 0 Å². The van der Waals surface area contributed by atoms with E-state index in [1.54, 1.807) is 30.3 Å². The number of methoxy groups -OCH3 is 2. The fraction of sp³-hybridized carbons (Fsp3) is 0.364. The van der Waals surface area contributed by atoms with Crippen LogP contribution in [0.5, 0.6) is 11.5 Å². The first-order valence-corrected chi connectivity index (χ1v) is 10.6. The minimum absolute atomic E-state index is 0.288. The summed E-state index contributed by atoms with van der Waals surface area (Å²) in [6.07, 6.45) is 0.689. The summed E-state index contributed by atoms with van der Waals surface area (Å²) in [5, 5.41) is -0.450. The molecule has 8 heteroatoms. The van der Waals surface area contributed by atoms with Crippen LogP contribution in [0.4, 0.5) is 4.39 Å². The smallest absolute Gasteiger partial charge is 0.329 e. The summed E-state index contributed by atoms with van der Waals surface area (Å²) in [4.78, 5) is 27.7. The normalized spacial score (nSPS) is 18.2. The van der Waals surface area contributed by atoms with Gasteiger partial charge < -0.3 is 19.1 Å². The second-order valence-corrected chi connectivity index (χ2v) is 7.85. The Morgan fingerprint density at radius 3 is 2.30 bits per heavy atom. The van der Waals surface area contributed by atoms with Crippen molar-refractivity contribution >= 4 is 23.6 Å². The Hall–Kier alpha value is -2.74. The van der Waals surface area contributed by atoms with Crippen LogP contribution in [-0.4, -0.2) is 49.4 Å². The van der Waals surface area contributed by atoms with Gasteiger partial charge in [0.2, 0.25) is 0 Å². The van der Waals surface area contributed by atoms with Crippen molar-refractivity contribution in [1.82, 2.24) is 4.90 Å². The predicted octanol–water partition coefficient (Wildman–Crippen LogP) is 4.05. The van der Waals surface area contributed by atoms with E-state index in [1.807, 2.05) is 6.92 Å². The summed E-state index contributed by atoms with van der Waals surface area (Å²) in [5.74, 6) is 0.149. The SMILES string of the molecule is CCCOC(=O)C1CSC(c2ccc(F)cc2)N1C(=O)c1cc(OC)cc(OC)c1. The van der Waals surface area contributed by atoms with E-state index in [0.717, 1.165) is 5.56 Å². The Kier molecular flexibility index (Phi) is 7.20. The second kappa shape index (κ2) is 9.84. The number of hydrogen-bond acceptors (Lipinski definition) is 6. The number of hydrogen-bond donors (Lipinski definition) is 0. The van der Waals surface area contributed by atoms with Gasteiger partial charge in [-0.15, -0.1) is 11.8 Å². The van der Waals surface area contributed by atoms with Crippen LogP contribution < -0.4 is 9.47 Å². The van der Waals surface area contributed by atoms with Gasteiger partial charge in [0.25, 0.3) is 5.91 Å². The molecule has 1 amide bonds. The molecule has 1 aliphatic rings. The van der Waals surface area contributed by atoms with Crippen molar-refractivity contribution in [3.05, 3.63) is 59.4 Å². The third-order valence-corrected chi connectivity index (χ3v) is 6.03. The highest BCUT2D eigenvalue weighted by molar-refractivity contribution is 7.99. The van der Waals surface area contributed by atoms with Crippen LogP contribution in [0, 0.1) is 5.82 Å². The Balaban J connectivity index is 1.99. The Labute approximate surface area is 179 Å². The first kappa shape index (κ1) is 22.0. The van der Waals surface area contributed by atoms with Crippen LogP contribution in [0.1, 0.15) is 34.6 Å². The van der Waals surface area contributed by atoms with Gasteiger partial charge in [0, 0.05) is 17.4 Å². The number of benzene rings is 2. The van der Waals surface area contributed by atoms with E-state index in [1.165, 1.54) is 43.0 Å². The van der Waals surface area contributed by atoms with Crippen molar-refractivity contribution in [1.29, 1.82) is 0 Å². The molecule has 0 bridgehead atoms. The predicted molar refractivity (Wildman–Crippen MR) is 112 cm³/mol. The molecule has 0 spiro atoms. The quantitative estimate of drug-likeness (QED) is 0.614. The van der Waals surface area contributed by atoms with Crippen molar-refractivity contribution in [2.45, 2.75) is 24.8 Å². The largest absolute Gasteiger partial charge is 0.497 e. The first-order chi connectivity index (χ1) is 14.5. The first-order valence-electron chi connectivity index (χ1n) is 9.58. The number of esters is 1. The highest BCUT2D eigenvalue weighted by Gasteiger charge is 2.43. The van der Waals surface area contributed by atoms with E-state index >= 15 is 0 Å². The number of carbonyl (C=O) groups excluding carboxylic acids is 2. The molecule has 6 nitrogen and oxygen atoms in total. The molecule has 0 N–H and O–H groups in total. The van der Waals surface area contributed by atoms with Gasteiger partial charge in [-0.25, -0.2) is 9.18 Å². The average molecular weight is 434 g/mol. The number of amides is 1. The molecule has 2 aromatic rings. The fourth-order valence-corrected chi connectivity index (χ4v) is 4.61. The van der Waals surface area contributed by atoms with Gasteiger partial charge in [-0.2, -0.15) is 0 Å². The van der Waals surface area contributed by atoms with Crippen LogP contribution in [0.2, 0.25) is 0 Å². The number of nitrogens with zero attached hydrogens (tertiary/aromatic N) is 1. The molecular weight excluding hydrogens is 409 g/mol. The molecule has 0 saturated carbocycles. The van der Waals surface area contributed by atoms with Crippen LogP contribution in [0.3, 0.4) is 0 Å². The maximum atomic E-state index is 13.5. The van der Waals surface area contributed by atoms with Crippen LogP contribution in [-0.2, 0) is 9.53 Å². The number of carbonyl (C=O) groups is 2. The van der Waals surface area contributed by atoms with Crippen molar-refractivity contribution in [2.75, 3.05) is 26.6 Å². The van der Waals surface area contributed by atoms with E-state index in [-0.39, 0.29) is 18.3 Å². The van der Waals surface area contributed by atoms with E-state index < -0.39 is 17.4 Å². The monoisotopic (exact) mass is 433 g/mol. The molecule has 0 aliphatic carbocycles. The van der Waals surface area contributed by atoms with E-state index in [4.69, 9.17) is 14.2 Å². The molecular formula is C22H24FNO5S. The number of ether oxygens (including phenoxy) is 3. The third-order valence-electron chi connectivity index (χ3n) is 4.71. The van der Waals surface area contributed by atoms with Gasteiger partial charge in [0.05, 0.1) is 20.8 Å². The molecule has 30 heavy (non-hydrogen) atoms. The Morgan fingerprint density at radius 1 is 1.10 bits per heavy atom. The van der Waals surface area contributed by atoms with Gasteiger partial charge >= 0.3 is 5.97 Å². The second-order valence-electron chi connectivity index (χ2n) is 6.73.